The number of hydrogen-bond acceptors (Lipinski definition) is 3. The number of halogens is 1. The molecule has 0 saturated heterocycles. The number of ether oxygens (including phenoxy) is 1. The van der Waals surface area contributed by atoms with E-state index in [1.54, 1.807) is 6.20 Å². The minimum atomic E-state index is 0.397. The summed E-state index contributed by atoms with van der Waals surface area (Å²) in [6.07, 6.45) is 4.21. The fourth-order valence-electron chi connectivity index (χ4n) is 1.42. The molecule has 0 N–H and O–H groups in total. The second-order valence-corrected chi connectivity index (χ2v) is 3.99. The predicted molar refractivity (Wildman–Crippen MR) is 68.3 cm³/mol. The second kappa shape index (κ2) is 5.64. The van der Waals surface area contributed by atoms with Crippen LogP contribution in [-0.2, 0) is 0 Å². The Balaban J connectivity index is 2.17. The van der Waals surface area contributed by atoms with Gasteiger partial charge in [-0.3, -0.25) is 4.98 Å². The maximum Gasteiger partial charge on any atom is 0.148 e. The Morgan fingerprint density at radius 2 is 1.94 bits per heavy atom. The molecule has 2 aromatic rings. The zero-order chi connectivity index (χ0) is 12.1. The molecular formula is C13H13ClN2O. The molecule has 1 aromatic heterocycles. The normalized spacial score (nSPS) is 10.2. The topological polar surface area (TPSA) is 35.0 Å². The van der Waals surface area contributed by atoms with Crippen LogP contribution in [0.1, 0.15) is 13.3 Å². The van der Waals surface area contributed by atoms with E-state index in [2.05, 4.69) is 16.9 Å². The van der Waals surface area contributed by atoms with Crippen LogP contribution >= 0.6 is 11.6 Å². The molecule has 88 valence electrons. The summed E-state index contributed by atoms with van der Waals surface area (Å²) in [4.78, 5) is 8.20. The fourth-order valence-corrected chi connectivity index (χ4v) is 1.57. The highest BCUT2D eigenvalue weighted by Crippen LogP contribution is 2.21. The molecular weight excluding hydrogens is 236 g/mol. The van der Waals surface area contributed by atoms with Gasteiger partial charge >= 0.3 is 0 Å². The molecule has 1 aromatic carbocycles. The monoisotopic (exact) mass is 248 g/mol. The summed E-state index contributed by atoms with van der Waals surface area (Å²) in [5.41, 5.74) is 1.74. The lowest BCUT2D eigenvalue weighted by Crippen LogP contribution is -1.94. The third-order valence-corrected chi connectivity index (χ3v) is 2.41. The molecule has 0 spiro atoms. The standard InChI is InChI=1S/C13H13ClN2O/c1-2-7-17-11-5-3-10(4-6-11)12-8-15-9-13(14)16-12/h3-6,8-9H,2,7H2,1H3. The summed E-state index contributed by atoms with van der Waals surface area (Å²) in [6, 6.07) is 7.75. The summed E-state index contributed by atoms with van der Waals surface area (Å²) in [5.74, 6) is 0.866. The molecule has 0 radical (unpaired) electrons. The molecule has 17 heavy (non-hydrogen) atoms. The summed E-state index contributed by atoms with van der Waals surface area (Å²) in [5, 5.41) is 0.397. The average molecular weight is 249 g/mol. The van der Waals surface area contributed by atoms with Crippen LogP contribution in [-0.4, -0.2) is 16.6 Å². The van der Waals surface area contributed by atoms with Gasteiger partial charge in [0.25, 0.3) is 0 Å². The Kier molecular flexibility index (Phi) is 3.94. The number of rotatable bonds is 4. The molecule has 0 bridgehead atoms. The molecule has 3 nitrogen and oxygen atoms in total. The first kappa shape index (κ1) is 11.9. The van der Waals surface area contributed by atoms with Gasteiger partial charge in [0.2, 0.25) is 0 Å². The largest absolute Gasteiger partial charge is 0.494 e. The number of hydrogen-bond donors (Lipinski definition) is 0. The van der Waals surface area contributed by atoms with E-state index in [0.29, 0.717) is 5.15 Å². The van der Waals surface area contributed by atoms with E-state index in [0.717, 1.165) is 30.0 Å². The molecule has 2 rings (SSSR count). The maximum atomic E-state index is 5.80. The van der Waals surface area contributed by atoms with Crippen molar-refractivity contribution in [2.24, 2.45) is 0 Å². The number of benzene rings is 1. The summed E-state index contributed by atoms with van der Waals surface area (Å²) in [6.45, 7) is 2.81. The van der Waals surface area contributed by atoms with Gasteiger partial charge in [-0.2, -0.15) is 0 Å². The molecule has 1 heterocycles. The van der Waals surface area contributed by atoms with Crippen LogP contribution in [0.4, 0.5) is 0 Å². The lowest BCUT2D eigenvalue weighted by atomic mass is 10.1. The SMILES string of the molecule is CCCOc1ccc(-c2cncc(Cl)n2)cc1. The molecule has 0 saturated carbocycles. The van der Waals surface area contributed by atoms with Crippen molar-refractivity contribution in [2.45, 2.75) is 13.3 Å². The van der Waals surface area contributed by atoms with E-state index in [4.69, 9.17) is 16.3 Å². The Morgan fingerprint density at radius 3 is 2.59 bits per heavy atom. The maximum absolute atomic E-state index is 5.80. The van der Waals surface area contributed by atoms with Gasteiger partial charge in [0.05, 0.1) is 24.7 Å². The molecule has 0 amide bonds. The first-order chi connectivity index (χ1) is 8.29. The molecule has 4 heteroatoms. The van der Waals surface area contributed by atoms with E-state index in [9.17, 15) is 0 Å². The van der Waals surface area contributed by atoms with Gasteiger partial charge in [0.15, 0.2) is 0 Å². The highest BCUT2D eigenvalue weighted by atomic mass is 35.5. The third kappa shape index (κ3) is 3.17. The molecule has 0 atom stereocenters. The van der Waals surface area contributed by atoms with Crippen molar-refractivity contribution in [1.82, 2.24) is 9.97 Å². The zero-order valence-electron chi connectivity index (χ0n) is 9.56. The number of nitrogens with zero attached hydrogens (tertiary/aromatic N) is 2. The quantitative estimate of drug-likeness (QED) is 0.830. The van der Waals surface area contributed by atoms with Gasteiger partial charge in [-0.05, 0) is 30.7 Å². The summed E-state index contributed by atoms with van der Waals surface area (Å²) >= 11 is 5.80. The van der Waals surface area contributed by atoms with Crippen molar-refractivity contribution in [2.75, 3.05) is 6.61 Å². The van der Waals surface area contributed by atoms with Crippen molar-refractivity contribution in [3.8, 4) is 17.0 Å². The van der Waals surface area contributed by atoms with Gasteiger partial charge in [0.1, 0.15) is 10.9 Å². The van der Waals surface area contributed by atoms with Crippen molar-refractivity contribution in [3.05, 3.63) is 41.8 Å². The molecule has 0 aliphatic carbocycles. The van der Waals surface area contributed by atoms with E-state index in [1.807, 2.05) is 24.3 Å². The van der Waals surface area contributed by atoms with Gasteiger partial charge in [0, 0.05) is 5.56 Å². The van der Waals surface area contributed by atoms with Crippen LogP contribution in [0, 0.1) is 0 Å². The Bertz CT molecular complexity index is 485. The van der Waals surface area contributed by atoms with E-state index in [-0.39, 0.29) is 0 Å². The zero-order valence-corrected chi connectivity index (χ0v) is 10.3. The van der Waals surface area contributed by atoms with Crippen LogP contribution in [0.5, 0.6) is 5.75 Å². The van der Waals surface area contributed by atoms with Crippen molar-refractivity contribution >= 4 is 11.6 Å². The van der Waals surface area contributed by atoms with Gasteiger partial charge < -0.3 is 4.74 Å². The fraction of sp³-hybridized carbons (Fsp3) is 0.231. The average Bonchev–Trinajstić information content (AvgIpc) is 2.37. The van der Waals surface area contributed by atoms with Gasteiger partial charge in [-0.25, -0.2) is 4.98 Å². The summed E-state index contributed by atoms with van der Waals surface area (Å²) < 4.78 is 5.51. The van der Waals surface area contributed by atoms with E-state index < -0.39 is 0 Å². The highest BCUT2D eigenvalue weighted by molar-refractivity contribution is 6.29. The molecule has 0 aliphatic rings. The Morgan fingerprint density at radius 1 is 1.18 bits per heavy atom. The van der Waals surface area contributed by atoms with Crippen molar-refractivity contribution in [1.29, 1.82) is 0 Å². The first-order valence-corrected chi connectivity index (χ1v) is 5.88. The summed E-state index contributed by atoms with van der Waals surface area (Å²) in [7, 11) is 0. The lowest BCUT2D eigenvalue weighted by Gasteiger charge is -2.05. The molecule has 0 fully saturated rings. The minimum Gasteiger partial charge on any atom is -0.494 e. The second-order valence-electron chi connectivity index (χ2n) is 3.60. The van der Waals surface area contributed by atoms with Gasteiger partial charge in [-0.1, -0.05) is 18.5 Å². The smallest absolute Gasteiger partial charge is 0.148 e. The van der Waals surface area contributed by atoms with Crippen LogP contribution in [0.3, 0.4) is 0 Å². The van der Waals surface area contributed by atoms with E-state index in [1.165, 1.54) is 6.20 Å². The Labute approximate surface area is 105 Å². The lowest BCUT2D eigenvalue weighted by molar-refractivity contribution is 0.317. The third-order valence-electron chi connectivity index (χ3n) is 2.23. The Hall–Kier alpha value is -1.61. The first-order valence-electron chi connectivity index (χ1n) is 5.50. The van der Waals surface area contributed by atoms with Crippen molar-refractivity contribution < 1.29 is 4.74 Å². The van der Waals surface area contributed by atoms with Crippen LogP contribution < -0.4 is 4.74 Å². The van der Waals surface area contributed by atoms with Crippen molar-refractivity contribution in [3.63, 3.8) is 0 Å². The van der Waals surface area contributed by atoms with Crippen LogP contribution in [0.25, 0.3) is 11.3 Å². The highest BCUT2D eigenvalue weighted by Gasteiger charge is 2.01. The van der Waals surface area contributed by atoms with Crippen LogP contribution in [0.15, 0.2) is 36.7 Å². The molecule has 0 unspecified atom stereocenters. The minimum absolute atomic E-state index is 0.397. The number of aromatic nitrogens is 2. The van der Waals surface area contributed by atoms with E-state index >= 15 is 0 Å². The van der Waals surface area contributed by atoms with Gasteiger partial charge in [-0.15, -0.1) is 0 Å². The molecule has 0 aliphatic heterocycles. The van der Waals surface area contributed by atoms with Crippen LogP contribution in [0.2, 0.25) is 5.15 Å². The predicted octanol–water partition coefficient (Wildman–Crippen LogP) is 3.59.